The Morgan fingerprint density at radius 1 is 1.35 bits per heavy atom. The van der Waals surface area contributed by atoms with E-state index in [1.54, 1.807) is 0 Å². The van der Waals surface area contributed by atoms with Gasteiger partial charge in [0.05, 0.1) is 6.04 Å². The lowest BCUT2D eigenvalue weighted by molar-refractivity contribution is -0.0141. The summed E-state index contributed by atoms with van der Waals surface area (Å²) in [6, 6.07) is -0.480. The van der Waals surface area contributed by atoms with Crippen LogP contribution in [0.2, 0.25) is 0 Å². The number of hydrogen-bond acceptors (Lipinski definition) is 3. The fourth-order valence-electron chi connectivity index (χ4n) is 1.86. The highest BCUT2D eigenvalue weighted by Crippen LogP contribution is 2.23. The molecule has 17 heavy (non-hydrogen) atoms. The Hall–Kier alpha value is -0.840. The average Bonchev–Trinajstić information content (AvgIpc) is 2.13. The molecule has 0 aromatic carbocycles. The van der Waals surface area contributed by atoms with Crippen LogP contribution in [0.5, 0.6) is 0 Å². The van der Waals surface area contributed by atoms with Gasteiger partial charge in [-0.1, -0.05) is 0 Å². The van der Waals surface area contributed by atoms with Gasteiger partial charge < -0.3 is 10.1 Å². The van der Waals surface area contributed by atoms with E-state index in [1.165, 1.54) is 18.7 Å². The Balaban J connectivity index is 2.75. The molecule has 0 aromatic heterocycles. The molecule has 1 amide bonds. The Kier molecular flexibility index (Phi) is 4.02. The number of halogens is 1. The molecule has 1 saturated heterocycles. The molecular formula is C12H23FN2O2. The van der Waals surface area contributed by atoms with Crippen molar-refractivity contribution in [2.24, 2.45) is 0 Å². The maximum atomic E-state index is 14.0. The van der Waals surface area contributed by atoms with Gasteiger partial charge in [0.1, 0.15) is 11.3 Å². The van der Waals surface area contributed by atoms with E-state index in [0.29, 0.717) is 19.6 Å². The van der Waals surface area contributed by atoms with E-state index < -0.39 is 23.4 Å². The molecular weight excluding hydrogens is 223 g/mol. The van der Waals surface area contributed by atoms with E-state index in [-0.39, 0.29) is 0 Å². The Bertz CT molecular complexity index is 281. The first kappa shape index (κ1) is 14.2. The van der Waals surface area contributed by atoms with Crippen molar-refractivity contribution >= 4 is 6.09 Å². The van der Waals surface area contributed by atoms with Crippen LogP contribution < -0.4 is 5.32 Å². The Morgan fingerprint density at radius 3 is 2.41 bits per heavy atom. The summed E-state index contributed by atoms with van der Waals surface area (Å²) < 4.78 is 19.3. The third-order valence-electron chi connectivity index (χ3n) is 2.66. The van der Waals surface area contributed by atoms with Crippen LogP contribution in [0.3, 0.4) is 0 Å². The molecule has 100 valence electrons. The third kappa shape index (κ3) is 4.15. The van der Waals surface area contributed by atoms with Crippen LogP contribution in [0.1, 0.15) is 34.6 Å². The summed E-state index contributed by atoms with van der Waals surface area (Å²) in [7, 11) is 0. The lowest BCUT2D eigenvalue weighted by atomic mass is 9.98. The minimum atomic E-state index is -1.44. The normalized spacial score (nSPS) is 22.5. The van der Waals surface area contributed by atoms with Crippen LogP contribution in [0.25, 0.3) is 0 Å². The first-order valence-corrected chi connectivity index (χ1v) is 6.00. The Labute approximate surface area is 102 Å². The van der Waals surface area contributed by atoms with Crippen molar-refractivity contribution in [1.82, 2.24) is 10.2 Å². The molecule has 1 aliphatic heterocycles. The van der Waals surface area contributed by atoms with Gasteiger partial charge in [-0.3, -0.25) is 4.90 Å². The number of ether oxygens (including phenoxy) is 1. The molecule has 1 fully saturated rings. The van der Waals surface area contributed by atoms with E-state index in [4.69, 9.17) is 4.74 Å². The van der Waals surface area contributed by atoms with Crippen molar-refractivity contribution in [3.63, 3.8) is 0 Å². The highest BCUT2D eigenvalue weighted by atomic mass is 19.1. The van der Waals surface area contributed by atoms with Crippen LogP contribution in [0, 0.1) is 0 Å². The second-order valence-electron chi connectivity index (χ2n) is 5.96. The van der Waals surface area contributed by atoms with Crippen molar-refractivity contribution in [1.29, 1.82) is 0 Å². The van der Waals surface area contributed by atoms with Crippen LogP contribution in [0.15, 0.2) is 0 Å². The molecule has 1 rings (SSSR count). The zero-order valence-electron chi connectivity index (χ0n) is 11.3. The highest BCUT2D eigenvalue weighted by Gasteiger charge is 2.39. The smallest absolute Gasteiger partial charge is 0.410 e. The molecule has 0 radical (unpaired) electrons. The van der Waals surface area contributed by atoms with E-state index in [9.17, 15) is 9.18 Å². The molecule has 0 spiro atoms. The maximum Gasteiger partial charge on any atom is 0.410 e. The van der Waals surface area contributed by atoms with Crippen molar-refractivity contribution in [3.05, 3.63) is 0 Å². The number of amides is 1. The van der Waals surface area contributed by atoms with Crippen molar-refractivity contribution in [2.75, 3.05) is 19.6 Å². The first-order valence-electron chi connectivity index (χ1n) is 6.00. The number of carbonyl (C=O) groups is 1. The number of nitrogens with one attached hydrogen (secondary N) is 1. The zero-order chi connectivity index (χ0) is 13.3. The molecule has 1 unspecified atom stereocenters. The van der Waals surface area contributed by atoms with Crippen molar-refractivity contribution in [2.45, 2.75) is 51.9 Å². The van der Waals surface area contributed by atoms with Gasteiger partial charge in [0.2, 0.25) is 0 Å². The zero-order valence-corrected chi connectivity index (χ0v) is 11.3. The second-order valence-corrected chi connectivity index (χ2v) is 5.96. The molecule has 0 saturated carbocycles. The predicted molar refractivity (Wildman–Crippen MR) is 64.8 cm³/mol. The molecule has 0 aromatic rings. The molecule has 1 atom stereocenters. The topological polar surface area (TPSA) is 41.6 Å². The van der Waals surface area contributed by atoms with Gasteiger partial charge in [-0.2, -0.15) is 0 Å². The summed E-state index contributed by atoms with van der Waals surface area (Å²) in [4.78, 5) is 13.5. The van der Waals surface area contributed by atoms with E-state index in [1.807, 2.05) is 20.8 Å². The van der Waals surface area contributed by atoms with E-state index in [0.717, 1.165) is 0 Å². The summed E-state index contributed by atoms with van der Waals surface area (Å²) in [5.74, 6) is 0. The summed E-state index contributed by atoms with van der Waals surface area (Å²) in [6.45, 7) is 10.0. The number of hydrogen-bond donors (Lipinski definition) is 1. The summed E-state index contributed by atoms with van der Waals surface area (Å²) in [6.07, 6.45) is -0.435. The first-order chi connectivity index (χ1) is 7.61. The van der Waals surface area contributed by atoms with E-state index >= 15 is 0 Å². The Morgan fingerprint density at radius 2 is 1.94 bits per heavy atom. The van der Waals surface area contributed by atoms with Crippen LogP contribution in [-0.2, 0) is 4.74 Å². The van der Waals surface area contributed by atoms with E-state index in [2.05, 4.69) is 5.32 Å². The molecule has 4 nitrogen and oxygen atoms in total. The number of alkyl halides is 1. The molecule has 0 aliphatic carbocycles. The summed E-state index contributed by atoms with van der Waals surface area (Å²) in [5.41, 5.74) is -1.99. The molecule has 1 aliphatic rings. The van der Waals surface area contributed by atoms with Gasteiger partial charge >= 0.3 is 6.09 Å². The predicted octanol–water partition coefficient (Wildman–Crippen LogP) is 1.94. The molecule has 1 N–H and O–H groups in total. The molecule has 5 heteroatoms. The fourth-order valence-corrected chi connectivity index (χ4v) is 1.86. The summed E-state index contributed by atoms with van der Waals surface area (Å²) in [5, 5.41) is 3.10. The molecule has 1 heterocycles. The van der Waals surface area contributed by atoms with Crippen molar-refractivity contribution in [3.8, 4) is 0 Å². The number of carbonyl (C=O) groups excluding carboxylic acids is 1. The van der Waals surface area contributed by atoms with Gasteiger partial charge in [-0.25, -0.2) is 9.18 Å². The van der Waals surface area contributed by atoms with Crippen LogP contribution in [0.4, 0.5) is 9.18 Å². The average molecular weight is 246 g/mol. The standard InChI is InChI=1S/C12H23FN2O2/c1-11(2,3)17-10(16)15-7-6-14-8-9(15)12(4,5)13/h9,14H,6-8H2,1-5H3. The highest BCUT2D eigenvalue weighted by molar-refractivity contribution is 5.69. The summed E-state index contributed by atoms with van der Waals surface area (Å²) >= 11 is 0. The fraction of sp³-hybridized carbons (Fsp3) is 0.917. The van der Waals surface area contributed by atoms with Crippen molar-refractivity contribution < 1.29 is 13.9 Å². The maximum absolute atomic E-state index is 14.0. The van der Waals surface area contributed by atoms with Gasteiger partial charge in [0.15, 0.2) is 0 Å². The van der Waals surface area contributed by atoms with Gasteiger partial charge in [0.25, 0.3) is 0 Å². The van der Waals surface area contributed by atoms with Crippen LogP contribution >= 0.6 is 0 Å². The number of rotatable bonds is 1. The second kappa shape index (κ2) is 4.80. The minimum Gasteiger partial charge on any atom is -0.444 e. The lowest BCUT2D eigenvalue weighted by Gasteiger charge is -2.41. The number of nitrogens with zero attached hydrogens (tertiary/aromatic N) is 1. The monoisotopic (exact) mass is 246 g/mol. The number of piperazine rings is 1. The quantitative estimate of drug-likeness (QED) is 0.769. The largest absolute Gasteiger partial charge is 0.444 e. The third-order valence-corrected chi connectivity index (χ3v) is 2.66. The van der Waals surface area contributed by atoms with Gasteiger partial charge in [-0.05, 0) is 34.6 Å². The van der Waals surface area contributed by atoms with Gasteiger partial charge in [-0.15, -0.1) is 0 Å². The lowest BCUT2D eigenvalue weighted by Crippen LogP contribution is -2.60. The van der Waals surface area contributed by atoms with Gasteiger partial charge in [0, 0.05) is 19.6 Å². The SMILES string of the molecule is CC(C)(C)OC(=O)N1CCNCC1C(C)(C)F. The van der Waals surface area contributed by atoms with Crippen LogP contribution in [-0.4, -0.2) is 47.9 Å². The minimum absolute atomic E-state index is 0.435. The molecule has 0 bridgehead atoms.